The number of carbonyl (C=O) groups excluding carboxylic acids is 1. The minimum Gasteiger partial charge on any atom is -0.311 e. The van der Waals surface area contributed by atoms with Gasteiger partial charge in [-0.15, -0.1) is 0 Å². The lowest BCUT2D eigenvalue weighted by Crippen LogP contribution is -2.21. The van der Waals surface area contributed by atoms with Crippen LogP contribution in [0.5, 0.6) is 0 Å². The highest BCUT2D eigenvalue weighted by molar-refractivity contribution is 7.91. The number of nitrogens with zero attached hydrogens (tertiary/aromatic N) is 2. The number of aromatic nitrogens is 2. The molecule has 10 heteroatoms. The molecule has 1 aromatic carbocycles. The molecule has 1 atom stereocenters. The van der Waals surface area contributed by atoms with E-state index in [1.54, 1.807) is 13.0 Å². The minimum atomic E-state index is -3.14. The molecule has 1 aromatic heterocycles. The first-order chi connectivity index (χ1) is 12.1. The van der Waals surface area contributed by atoms with Crippen LogP contribution in [0.4, 0.5) is 19.0 Å². The molecule has 1 saturated heterocycles. The van der Waals surface area contributed by atoms with Gasteiger partial charge in [0.25, 0.3) is 0 Å². The van der Waals surface area contributed by atoms with Gasteiger partial charge in [0.2, 0.25) is 5.91 Å². The lowest BCUT2D eigenvalue weighted by atomic mass is 10.1. The molecule has 26 heavy (non-hydrogen) atoms. The Labute approximate surface area is 147 Å². The summed E-state index contributed by atoms with van der Waals surface area (Å²) in [5.74, 6) is -4.01. The van der Waals surface area contributed by atoms with E-state index in [0.29, 0.717) is 24.2 Å². The summed E-state index contributed by atoms with van der Waals surface area (Å²) in [5.41, 5.74) is 0.288. The summed E-state index contributed by atoms with van der Waals surface area (Å²) in [4.78, 5) is 12.2. The summed E-state index contributed by atoms with van der Waals surface area (Å²) in [6.45, 7) is 1.69. The molecule has 0 bridgehead atoms. The van der Waals surface area contributed by atoms with Crippen LogP contribution in [-0.4, -0.2) is 35.6 Å². The number of halogens is 3. The number of hydrogen-bond donors (Lipinski definition) is 1. The van der Waals surface area contributed by atoms with Crippen molar-refractivity contribution in [3.8, 4) is 0 Å². The minimum absolute atomic E-state index is 0.0457. The Morgan fingerprint density at radius 2 is 1.92 bits per heavy atom. The fourth-order valence-electron chi connectivity index (χ4n) is 2.92. The maximum atomic E-state index is 13.7. The van der Waals surface area contributed by atoms with Crippen molar-refractivity contribution >= 4 is 21.6 Å². The van der Waals surface area contributed by atoms with Crippen molar-refractivity contribution in [1.82, 2.24) is 9.78 Å². The fraction of sp³-hybridized carbons (Fsp3) is 0.375. The Morgan fingerprint density at radius 3 is 2.58 bits per heavy atom. The summed E-state index contributed by atoms with van der Waals surface area (Å²) >= 11 is 0. The standard InChI is InChI=1S/C16H16F3N3O3S/c1-9-4-15(22(21-9)11-2-3-26(24,25)8-11)20-16(23)6-10-5-13(18)14(19)7-12(10)17/h4-5,7,11H,2-3,6,8H2,1H3,(H,20,23)/t11-/m0/s1. The van der Waals surface area contributed by atoms with Gasteiger partial charge >= 0.3 is 0 Å². The van der Waals surface area contributed by atoms with Crippen molar-refractivity contribution in [2.24, 2.45) is 0 Å². The largest absolute Gasteiger partial charge is 0.311 e. The van der Waals surface area contributed by atoms with Crippen LogP contribution in [0.3, 0.4) is 0 Å². The van der Waals surface area contributed by atoms with Crippen LogP contribution in [0.1, 0.15) is 23.7 Å². The molecule has 1 fully saturated rings. The number of sulfone groups is 1. The molecule has 1 aliphatic rings. The van der Waals surface area contributed by atoms with E-state index < -0.39 is 45.7 Å². The molecule has 0 radical (unpaired) electrons. The van der Waals surface area contributed by atoms with Crippen LogP contribution < -0.4 is 5.32 Å². The summed E-state index contributed by atoms with van der Waals surface area (Å²) in [6.07, 6.45) is -0.125. The molecule has 2 aromatic rings. The SMILES string of the molecule is Cc1cc(NC(=O)Cc2cc(F)c(F)cc2F)n([C@H]2CCS(=O)(=O)C2)n1. The normalized spacial score (nSPS) is 18.8. The van der Waals surface area contributed by atoms with E-state index >= 15 is 0 Å². The van der Waals surface area contributed by atoms with E-state index in [9.17, 15) is 26.4 Å². The molecule has 0 aliphatic carbocycles. The maximum absolute atomic E-state index is 13.7. The first-order valence-corrected chi connectivity index (χ1v) is 9.66. The van der Waals surface area contributed by atoms with Crippen LogP contribution in [0.2, 0.25) is 0 Å². The van der Waals surface area contributed by atoms with E-state index in [4.69, 9.17) is 0 Å². The Morgan fingerprint density at radius 1 is 1.23 bits per heavy atom. The van der Waals surface area contributed by atoms with Gasteiger partial charge in [0.15, 0.2) is 21.5 Å². The molecular formula is C16H16F3N3O3S. The average Bonchev–Trinajstić information content (AvgIpc) is 3.06. The van der Waals surface area contributed by atoms with Crippen molar-refractivity contribution in [3.63, 3.8) is 0 Å². The number of benzene rings is 1. The third-order valence-corrected chi connectivity index (χ3v) is 5.87. The van der Waals surface area contributed by atoms with Gasteiger partial charge in [0.1, 0.15) is 11.6 Å². The van der Waals surface area contributed by atoms with Crippen molar-refractivity contribution in [2.45, 2.75) is 25.8 Å². The third-order valence-electron chi connectivity index (χ3n) is 4.12. The van der Waals surface area contributed by atoms with E-state index in [-0.39, 0.29) is 22.9 Å². The van der Waals surface area contributed by atoms with Crippen molar-refractivity contribution in [1.29, 1.82) is 0 Å². The van der Waals surface area contributed by atoms with Crippen molar-refractivity contribution in [2.75, 3.05) is 16.8 Å². The molecule has 0 unspecified atom stereocenters. The predicted molar refractivity (Wildman–Crippen MR) is 87.9 cm³/mol. The molecule has 1 amide bonds. The molecule has 0 spiro atoms. The Kier molecular flexibility index (Phi) is 4.78. The van der Waals surface area contributed by atoms with Crippen molar-refractivity contribution < 1.29 is 26.4 Å². The van der Waals surface area contributed by atoms with E-state index in [1.165, 1.54) is 4.68 Å². The second kappa shape index (κ2) is 6.75. The second-order valence-corrected chi connectivity index (χ2v) is 8.48. The zero-order chi connectivity index (χ0) is 19.1. The van der Waals surface area contributed by atoms with E-state index in [2.05, 4.69) is 10.4 Å². The van der Waals surface area contributed by atoms with Gasteiger partial charge in [0, 0.05) is 17.7 Å². The molecule has 140 valence electrons. The quantitative estimate of drug-likeness (QED) is 0.816. The number of hydrogen-bond acceptors (Lipinski definition) is 4. The van der Waals surface area contributed by atoms with Gasteiger partial charge in [-0.25, -0.2) is 26.3 Å². The Balaban J connectivity index is 1.77. The summed E-state index contributed by atoms with van der Waals surface area (Å²) in [6, 6.07) is 2.18. The number of aryl methyl sites for hydroxylation is 1. The van der Waals surface area contributed by atoms with Gasteiger partial charge in [-0.3, -0.25) is 4.79 Å². The third kappa shape index (κ3) is 3.90. The van der Waals surface area contributed by atoms with E-state index in [1.807, 2.05) is 0 Å². The van der Waals surface area contributed by atoms with Gasteiger partial charge in [-0.1, -0.05) is 0 Å². The Hall–Kier alpha value is -2.36. The van der Waals surface area contributed by atoms with Crippen LogP contribution in [0.25, 0.3) is 0 Å². The summed E-state index contributed by atoms with van der Waals surface area (Å²) < 4.78 is 64.6. The zero-order valence-electron chi connectivity index (χ0n) is 13.8. The topological polar surface area (TPSA) is 81.1 Å². The predicted octanol–water partition coefficient (Wildman–Crippen LogP) is 2.15. The maximum Gasteiger partial charge on any atom is 0.230 e. The van der Waals surface area contributed by atoms with Gasteiger partial charge < -0.3 is 5.32 Å². The van der Waals surface area contributed by atoms with Gasteiger partial charge in [-0.2, -0.15) is 5.10 Å². The highest BCUT2D eigenvalue weighted by Crippen LogP contribution is 2.27. The smallest absolute Gasteiger partial charge is 0.230 e. The summed E-state index contributed by atoms with van der Waals surface area (Å²) in [5, 5.41) is 6.74. The molecule has 1 N–H and O–H groups in total. The van der Waals surface area contributed by atoms with Crippen LogP contribution in [0, 0.1) is 24.4 Å². The number of rotatable bonds is 4. The second-order valence-electron chi connectivity index (χ2n) is 6.26. The summed E-state index contributed by atoms with van der Waals surface area (Å²) in [7, 11) is -3.14. The molecular weight excluding hydrogens is 371 g/mol. The van der Waals surface area contributed by atoms with Crippen LogP contribution >= 0.6 is 0 Å². The number of anilines is 1. The fourth-order valence-corrected chi connectivity index (χ4v) is 4.61. The molecule has 6 nitrogen and oxygen atoms in total. The highest BCUT2D eigenvalue weighted by Gasteiger charge is 2.31. The lowest BCUT2D eigenvalue weighted by Gasteiger charge is -2.14. The lowest BCUT2D eigenvalue weighted by molar-refractivity contribution is -0.115. The monoisotopic (exact) mass is 387 g/mol. The van der Waals surface area contributed by atoms with Gasteiger partial charge in [0.05, 0.1) is 29.7 Å². The van der Waals surface area contributed by atoms with Crippen LogP contribution in [0.15, 0.2) is 18.2 Å². The molecule has 1 aliphatic heterocycles. The first-order valence-electron chi connectivity index (χ1n) is 7.84. The number of carbonyl (C=O) groups is 1. The van der Waals surface area contributed by atoms with Crippen LogP contribution in [-0.2, 0) is 21.1 Å². The van der Waals surface area contributed by atoms with Crippen molar-refractivity contribution in [3.05, 3.63) is 46.9 Å². The Bertz CT molecular complexity index is 973. The molecule has 3 rings (SSSR count). The number of amides is 1. The average molecular weight is 387 g/mol. The first kappa shape index (κ1) is 18.4. The van der Waals surface area contributed by atoms with Gasteiger partial charge in [-0.05, 0) is 19.4 Å². The zero-order valence-corrected chi connectivity index (χ0v) is 14.6. The number of nitrogens with one attached hydrogen (secondary N) is 1. The highest BCUT2D eigenvalue weighted by atomic mass is 32.2. The van der Waals surface area contributed by atoms with E-state index in [0.717, 1.165) is 0 Å². The molecule has 2 heterocycles. The molecule has 0 saturated carbocycles.